The van der Waals surface area contributed by atoms with Crippen LogP contribution in [0.4, 0.5) is 0 Å². The fraction of sp³-hybridized carbons (Fsp3) is 0.133. The molecule has 0 spiro atoms. The van der Waals surface area contributed by atoms with Crippen LogP contribution in [0.25, 0.3) is 0 Å². The van der Waals surface area contributed by atoms with Gasteiger partial charge in [-0.2, -0.15) is 0 Å². The summed E-state index contributed by atoms with van der Waals surface area (Å²) in [7, 11) is 0. The highest BCUT2D eigenvalue weighted by molar-refractivity contribution is 5.89. The van der Waals surface area contributed by atoms with E-state index in [0.29, 0.717) is 11.3 Å². The molecule has 0 aliphatic carbocycles. The van der Waals surface area contributed by atoms with E-state index in [2.05, 4.69) is 0 Å². The maximum atomic E-state index is 11.0. The third-order valence-corrected chi connectivity index (χ3v) is 2.76. The minimum Gasteiger partial charge on any atom is -0.508 e. The summed E-state index contributed by atoms with van der Waals surface area (Å²) in [6.45, 7) is 2.01. The Morgan fingerprint density at radius 3 is 2.68 bits per heavy atom. The van der Waals surface area contributed by atoms with Crippen LogP contribution in [0.15, 0.2) is 42.5 Å². The lowest BCUT2D eigenvalue weighted by Gasteiger charge is -2.08. The molecule has 2 aromatic rings. The third-order valence-electron chi connectivity index (χ3n) is 2.76. The Labute approximate surface area is 110 Å². The summed E-state index contributed by atoms with van der Waals surface area (Å²) in [6.07, 6.45) is 0. The topological polar surface area (TPSA) is 66.8 Å². The Morgan fingerprint density at radius 2 is 2.00 bits per heavy atom. The molecule has 0 radical (unpaired) electrons. The first-order valence-electron chi connectivity index (χ1n) is 5.81. The Balaban J connectivity index is 2.12. The van der Waals surface area contributed by atoms with E-state index in [1.807, 2.05) is 6.07 Å². The van der Waals surface area contributed by atoms with Gasteiger partial charge >= 0.3 is 5.97 Å². The van der Waals surface area contributed by atoms with Crippen LogP contribution in [0.1, 0.15) is 21.5 Å². The maximum Gasteiger partial charge on any atom is 0.335 e. The minimum atomic E-state index is -0.947. The predicted octanol–water partition coefficient (Wildman–Crippen LogP) is 2.98. The summed E-state index contributed by atoms with van der Waals surface area (Å²) in [4.78, 5) is 11.0. The second-order valence-electron chi connectivity index (χ2n) is 4.24. The van der Waals surface area contributed by atoms with Crippen LogP contribution in [0.3, 0.4) is 0 Å². The Morgan fingerprint density at radius 1 is 1.21 bits per heavy atom. The number of aryl methyl sites for hydroxylation is 1. The normalized spacial score (nSPS) is 10.2. The fourth-order valence-electron chi connectivity index (χ4n) is 1.73. The molecule has 98 valence electrons. The number of hydrogen-bond acceptors (Lipinski definition) is 3. The first-order valence-corrected chi connectivity index (χ1v) is 5.81. The molecule has 4 heteroatoms. The van der Waals surface area contributed by atoms with Crippen molar-refractivity contribution in [3.8, 4) is 11.5 Å². The van der Waals surface area contributed by atoms with Crippen molar-refractivity contribution in [3.05, 3.63) is 59.2 Å². The van der Waals surface area contributed by atoms with Crippen molar-refractivity contribution < 1.29 is 19.7 Å². The molecule has 0 aliphatic rings. The first kappa shape index (κ1) is 13.0. The van der Waals surface area contributed by atoms with Gasteiger partial charge in [-0.1, -0.05) is 18.2 Å². The van der Waals surface area contributed by atoms with Crippen LogP contribution < -0.4 is 4.74 Å². The highest BCUT2D eigenvalue weighted by Crippen LogP contribution is 2.19. The number of rotatable bonds is 4. The lowest BCUT2D eigenvalue weighted by atomic mass is 10.1. The SMILES string of the molecule is Cc1ccc(COc2cccc(O)c2)cc1C(=O)O. The number of carbonyl (C=O) groups is 1. The van der Waals surface area contributed by atoms with Gasteiger partial charge in [0, 0.05) is 6.07 Å². The molecular formula is C15H14O4. The van der Waals surface area contributed by atoms with E-state index >= 15 is 0 Å². The van der Waals surface area contributed by atoms with E-state index in [0.717, 1.165) is 5.56 Å². The molecule has 4 nitrogen and oxygen atoms in total. The van der Waals surface area contributed by atoms with Gasteiger partial charge in [0.05, 0.1) is 5.56 Å². The molecule has 0 fully saturated rings. The van der Waals surface area contributed by atoms with Gasteiger partial charge in [0.25, 0.3) is 0 Å². The van der Waals surface area contributed by atoms with Crippen LogP contribution in [0.2, 0.25) is 0 Å². The number of hydrogen-bond donors (Lipinski definition) is 2. The zero-order valence-corrected chi connectivity index (χ0v) is 10.5. The molecule has 0 aromatic heterocycles. The molecule has 0 amide bonds. The Bertz CT molecular complexity index is 605. The lowest BCUT2D eigenvalue weighted by Crippen LogP contribution is -2.02. The van der Waals surface area contributed by atoms with Crippen molar-refractivity contribution >= 4 is 5.97 Å². The maximum absolute atomic E-state index is 11.0. The van der Waals surface area contributed by atoms with E-state index in [1.54, 1.807) is 37.3 Å². The summed E-state index contributed by atoms with van der Waals surface area (Å²) in [5, 5.41) is 18.3. The summed E-state index contributed by atoms with van der Waals surface area (Å²) in [5.41, 5.74) is 1.76. The van der Waals surface area contributed by atoms with Gasteiger partial charge < -0.3 is 14.9 Å². The molecule has 2 aromatic carbocycles. The van der Waals surface area contributed by atoms with Gasteiger partial charge in [-0.15, -0.1) is 0 Å². The van der Waals surface area contributed by atoms with Crippen molar-refractivity contribution in [3.63, 3.8) is 0 Å². The minimum absolute atomic E-state index is 0.132. The zero-order valence-electron chi connectivity index (χ0n) is 10.5. The average Bonchev–Trinajstić information content (AvgIpc) is 2.37. The van der Waals surface area contributed by atoms with E-state index in [9.17, 15) is 9.90 Å². The number of aromatic carboxylic acids is 1. The molecule has 2 rings (SSSR count). The van der Waals surface area contributed by atoms with E-state index in [-0.39, 0.29) is 17.9 Å². The van der Waals surface area contributed by atoms with Crippen LogP contribution in [-0.4, -0.2) is 16.2 Å². The Hall–Kier alpha value is -2.49. The molecule has 19 heavy (non-hydrogen) atoms. The molecule has 0 heterocycles. The molecule has 2 N–H and O–H groups in total. The van der Waals surface area contributed by atoms with Gasteiger partial charge in [-0.3, -0.25) is 0 Å². The zero-order chi connectivity index (χ0) is 13.8. The number of phenols is 1. The van der Waals surface area contributed by atoms with Crippen LogP contribution in [0, 0.1) is 6.92 Å². The fourth-order valence-corrected chi connectivity index (χ4v) is 1.73. The second-order valence-corrected chi connectivity index (χ2v) is 4.24. The molecule has 0 unspecified atom stereocenters. The summed E-state index contributed by atoms with van der Waals surface area (Å²) in [6, 6.07) is 11.7. The van der Waals surface area contributed by atoms with Crippen LogP contribution >= 0.6 is 0 Å². The highest BCUT2D eigenvalue weighted by Gasteiger charge is 2.08. The van der Waals surface area contributed by atoms with E-state index < -0.39 is 5.97 Å². The summed E-state index contributed by atoms with van der Waals surface area (Å²) in [5.74, 6) is -0.276. The smallest absolute Gasteiger partial charge is 0.335 e. The molecule has 0 saturated carbocycles. The predicted molar refractivity (Wildman–Crippen MR) is 70.6 cm³/mol. The summed E-state index contributed by atoms with van der Waals surface area (Å²) < 4.78 is 5.49. The molecule has 0 atom stereocenters. The van der Waals surface area contributed by atoms with Gasteiger partial charge in [-0.25, -0.2) is 4.79 Å². The van der Waals surface area contributed by atoms with Crippen molar-refractivity contribution in [1.82, 2.24) is 0 Å². The number of ether oxygens (including phenoxy) is 1. The molecule has 0 aliphatic heterocycles. The number of benzene rings is 2. The second kappa shape index (κ2) is 5.44. The lowest BCUT2D eigenvalue weighted by molar-refractivity contribution is 0.0696. The van der Waals surface area contributed by atoms with Crippen molar-refractivity contribution in [2.24, 2.45) is 0 Å². The highest BCUT2D eigenvalue weighted by atomic mass is 16.5. The first-order chi connectivity index (χ1) is 9.06. The standard InChI is InChI=1S/C15H14O4/c1-10-5-6-11(7-14(10)15(17)18)9-19-13-4-2-3-12(16)8-13/h2-8,16H,9H2,1H3,(H,17,18). The van der Waals surface area contributed by atoms with Gasteiger partial charge in [0.2, 0.25) is 0 Å². The molecular weight excluding hydrogens is 244 g/mol. The average molecular weight is 258 g/mol. The Kier molecular flexibility index (Phi) is 3.71. The monoisotopic (exact) mass is 258 g/mol. The number of carboxylic acid groups (broad SMARTS) is 1. The third kappa shape index (κ3) is 3.25. The van der Waals surface area contributed by atoms with Crippen molar-refractivity contribution in [2.75, 3.05) is 0 Å². The van der Waals surface area contributed by atoms with Crippen LogP contribution in [-0.2, 0) is 6.61 Å². The number of aromatic hydroxyl groups is 1. The van der Waals surface area contributed by atoms with Crippen molar-refractivity contribution in [1.29, 1.82) is 0 Å². The van der Waals surface area contributed by atoms with Crippen molar-refractivity contribution in [2.45, 2.75) is 13.5 Å². The number of phenolic OH excluding ortho intramolecular Hbond substituents is 1. The molecule has 0 bridgehead atoms. The van der Waals surface area contributed by atoms with Gasteiger partial charge in [0.15, 0.2) is 0 Å². The van der Waals surface area contributed by atoms with Gasteiger partial charge in [0.1, 0.15) is 18.1 Å². The van der Waals surface area contributed by atoms with E-state index in [4.69, 9.17) is 9.84 Å². The number of carboxylic acids is 1. The van der Waals surface area contributed by atoms with Gasteiger partial charge in [-0.05, 0) is 36.2 Å². The summed E-state index contributed by atoms with van der Waals surface area (Å²) >= 11 is 0. The molecule has 0 saturated heterocycles. The van der Waals surface area contributed by atoms with E-state index in [1.165, 1.54) is 6.07 Å². The largest absolute Gasteiger partial charge is 0.508 e. The quantitative estimate of drug-likeness (QED) is 0.884. The van der Waals surface area contributed by atoms with Crippen LogP contribution in [0.5, 0.6) is 11.5 Å².